The molecule has 1 aliphatic carbocycles. The maximum Gasteiger partial charge on any atom is 0.164 e. The number of hydrazine groups is 1. The summed E-state index contributed by atoms with van der Waals surface area (Å²) in [5, 5.41) is 3.56. The molecule has 5 nitrogen and oxygen atoms in total. The zero-order chi connectivity index (χ0) is 14.2. The number of anilines is 1. The normalized spacial score (nSPS) is 22.1. The van der Waals surface area contributed by atoms with Crippen LogP contribution in [0.2, 0.25) is 0 Å². The molecule has 20 heavy (non-hydrogen) atoms. The zero-order valence-electron chi connectivity index (χ0n) is 11.2. The van der Waals surface area contributed by atoms with Gasteiger partial charge in [-0.1, -0.05) is 12.2 Å². The van der Waals surface area contributed by atoms with E-state index in [1.54, 1.807) is 11.3 Å². The smallest absolute Gasteiger partial charge is 0.164 e. The van der Waals surface area contributed by atoms with Gasteiger partial charge in [-0.05, 0) is 37.1 Å². The van der Waals surface area contributed by atoms with Crippen molar-refractivity contribution in [2.45, 2.75) is 31.7 Å². The van der Waals surface area contributed by atoms with E-state index in [1.807, 2.05) is 18.4 Å². The fourth-order valence-corrected chi connectivity index (χ4v) is 3.55. The highest BCUT2D eigenvalue weighted by Crippen LogP contribution is 2.35. The van der Waals surface area contributed by atoms with Crippen LogP contribution in [0, 0.1) is 6.92 Å². The molecular weight excluding hydrogens is 272 g/mol. The van der Waals surface area contributed by atoms with E-state index >= 15 is 0 Å². The Morgan fingerprint density at radius 3 is 3.00 bits per heavy atom. The van der Waals surface area contributed by atoms with Gasteiger partial charge >= 0.3 is 0 Å². The Labute approximate surface area is 121 Å². The number of allylic oxidation sites excluding steroid dienone is 1. The maximum atomic E-state index is 11.6. The third-order valence-corrected chi connectivity index (χ3v) is 4.90. The lowest BCUT2D eigenvalue weighted by molar-refractivity contribution is -0.112. The lowest BCUT2D eigenvalue weighted by Crippen LogP contribution is -2.55. The number of nitrogens with two attached hydrogens (primary N) is 1. The van der Waals surface area contributed by atoms with Gasteiger partial charge < -0.3 is 4.79 Å². The summed E-state index contributed by atoms with van der Waals surface area (Å²) in [6.07, 6.45) is 8.72. The molecule has 0 spiro atoms. The Morgan fingerprint density at radius 1 is 1.45 bits per heavy atom. The second kappa shape index (κ2) is 4.96. The highest BCUT2D eigenvalue weighted by atomic mass is 32.1. The number of hydrogen-bond acceptors (Lipinski definition) is 6. The fraction of sp³-hybridized carbons (Fsp3) is 0.357. The van der Waals surface area contributed by atoms with Crippen LogP contribution in [0.5, 0.6) is 0 Å². The van der Waals surface area contributed by atoms with Crippen molar-refractivity contribution in [3.8, 4) is 0 Å². The van der Waals surface area contributed by atoms with Gasteiger partial charge in [-0.3, -0.25) is 5.01 Å². The summed E-state index contributed by atoms with van der Waals surface area (Å²) >= 11 is 1.56. The van der Waals surface area contributed by atoms with Crippen LogP contribution in [0.15, 0.2) is 23.9 Å². The van der Waals surface area contributed by atoms with E-state index < -0.39 is 5.54 Å². The van der Waals surface area contributed by atoms with E-state index in [0.29, 0.717) is 18.7 Å². The number of aryl methyl sites for hydroxylation is 1. The topological polar surface area (TPSA) is 72.1 Å². The van der Waals surface area contributed by atoms with Crippen molar-refractivity contribution >= 4 is 33.7 Å². The molecule has 1 atom stereocenters. The first-order chi connectivity index (χ1) is 9.68. The predicted octanol–water partition coefficient (Wildman–Crippen LogP) is 2.36. The maximum absolute atomic E-state index is 11.6. The second-order valence-corrected chi connectivity index (χ2v) is 5.98. The Hall–Kier alpha value is -1.79. The number of aromatic nitrogens is 2. The number of rotatable bonds is 3. The molecule has 1 aliphatic rings. The molecule has 2 heterocycles. The number of aldehydes is 1. The fourth-order valence-electron chi connectivity index (χ4n) is 2.56. The summed E-state index contributed by atoms with van der Waals surface area (Å²) in [6.45, 7) is 2.01. The van der Waals surface area contributed by atoms with Gasteiger partial charge in [0.1, 0.15) is 18.2 Å². The van der Waals surface area contributed by atoms with Gasteiger partial charge in [0.25, 0.3) is 0 Å². The predicted molar refractivity (Wildman–Crippen MR) is 80.6 cm³/mol. The zero-order valence-corrected chi connectivity index (χ0v) is 12.1. The summed E-state index contributed by atoms with van der Waals surface area (Å²) in [4.78, 5) is 20.2. The van der Waals surface area contributed by atoms with E-state index in [1.165, 1.54) is 11.3 Å². The molecule has 3 rings (SSSR count). The minimum absolute atomic E-state index is 0.614. The van der Waals surface area contributed by atoms with Crippen LogP contribution in [0.25, 0.3) is 10.2 Å². The molecule has 0 aromatic carbocycles. The third kappa shape index (κ3) is 1.92. The summed E-state index contributed by atoms with van der Waals surface area (Å²) in [5.41, 5.74) is 1.31. The van der Waals surface area contributed by atoms with Crippen molar-refractivity contribution in [3.63, 3.8) is 0 Å². The molecule has 0 saturated heterocycles. The second-order valence-electron chi connectivity index (χ2n) is 5.10. The summed E-state index contributed by atoms with van der Waals surface area (Å²) in [7, 11) is 0. The molecule has 104 valence electrons. The molecule has 1 unspecified atom stereocenters. The van der Waals surface area contributed by atoms with Crippen molar-refractivity contribution in [2.75, 3.05) is 5.01 Å². The lowest BCUT2D eigenvalue weighted by Gasteiger charge is -2.38. The molecule has 0 amide bonds. The minimum Gasteiger partial charge on any atom is -0.301 e. The first kappa shape index (κ1) is 13.2. The van der Waals surface area contributed by atoms with Crippen molar-refractivity contribution in [1.82, 2.24) is 9.97 Å². The Balaban J connectivity index is 2.10. The number of fused-ring (bicyclic) bond motifs is 1. The monoisotopic (exact) mass is 288 g/mol. The first-order valence-corrected chi connectivity index (χ1v) is 7.41. The van der Waals surface area contributed by atoms with Crippen LogP contribution >= 0.6 is 11.3 Å². The van der Waals surface area contributed by atoms with Gasteiger partial charge in [-0.2, -0.15) is 0 Å². The van der Waals surface area contributed by atoms with Crippen molar-refractivity contribution < 1.29 is 4.79 Å². The number of carbonyl (C=O) groups is 1. The van der Waals surface area contributed by atoms with Gasteiger partial charge in [0.05, 0.1) is 10.2 Å². The molecule has 6 heteroatoms. The summed E-state index contributed by atoms with van der Waals surface area (Å²) < 4.78 is 0.934. The largest absolute Gasteiger partial charge is 0.301 e. The average Bonchev–Trinajstić information content (AvgIpc) is 2.89. The number of carbonyl (C=O) groups excluding carboxylic acids is 1. The van der Waals surface area contributed by atoms with Crippen LogP contribution in [-0.4, -0.2) is 21.8 Å². The molecule has 0 bridgehead atoms. The number of hydrogen-bond donors (Lipinski definition) is 1. The Bertz CT molecular complexity index is 681. The first-order valence-electron chi connectivity index (χ1n) is 6.53. The van der Waals surface area contributed by atoms with Gasteiger partial charge in [0, 0.05) is 0 Å². The summed E-state index contributed by atoms with van der Waals surface area (Å²) in [5.74, 6) is 6.91. The quantitative estimate of drug-likeness (QED) is 0.406. The minimum atomic E-state index is -0.700. The van der Waals surface area contributed by atoms with E-state index in [2.05, 4.69) is 16.0 Å². The molecular formula is C14H16N4OS. The van der Waals surface area contributed by atoms with Gasteiger partial charge in [0.15, 0.2) is 5.82 Å². The van der Waals surface area contributed by atoms with Gasteiger partial charge in [-0.25, -0.2) is 15.8 Å². The van der Waals surface area contributed by atoms with Crippen LogP contribution < -0.4 is 10.9 Å². The average molecular weight is 288 g/mol. The molecule has 0 aliphatic heterocycles. The molecule has 2 aromatic heterocycles. The lowest BCUT2D eigenvalue weighted by atomic mass is 9.86. The number of nitrogens with zero attached hydrogens (tertiary/aromatic N) is 3. The van der Waals surface area contributed by atoms with E-state index in [0.717, 1.165) is 28.5 Å². The van der Waals surface area contributed by atoms with Crippen LogP contribution in [-0.2, 0) is 4.79 Å². The third-order valence-electron chi connectivity index (χ3n) is 3.82. The van der Waals surface area contributed by atoms with E-state index in [4.69, 9.17) is 5.84 Å². The standard InChI is InChI=1S/C14H16N4OS/c1-10-7-20-12-11(10)16-9-17-13(12)18(15)14(8-19)5-3-2-4-6-14/h2-3,7-9H,4-6,15H2,1H3. The SMILES string of the molecule is Cc1csc2c(N(N)C3(C=O)CC=CCC3)ncnc12. The summed E-state index contributed by atoms with van der Waals surface area (Å²) in [6, 6.07) is 0. The van der Waals surface area contributed by atoms with E-state index in [-0.39, 0.29) is 0 Å². The van der Waals surface area contributed by atoms with Crippen molar-refractivity contribution in [2.24, 2.45) is 5.84 Å². The highest BCUT2D eigenvalue weighted by Gasteiger charge is 2.37. The molecule has 2 aromatic rings. The molecule has 2 N–H and O–H groups in total. The van der Waals surface area contributed by atoms with Gasteiger partial charge in [-0.15, -0.1) is 11.3 Å². The van der Waals surface area contributed by atoms with Crippen LogP contribution in [0.4, 0.5) is 5.82 Å². The van der Waals surface area contributed by atoms with E-state index in [9.17, 15) is 4.79 Å². The van der Waals surface area contributed by atoms with Crippen LogP contribution in [0.1, 0.15) is 24.8 Å². The van der Waals surface area contributed by atoms with Crippen molar-refractivity contribution in [1.29, 1.82) is 0 Å². The Morgan fingerprint density at radius 2 is 2.30 bits per heavy atom. The highest BCUT2D eigenvalue weighted by molar-refractivity contribution is 7.18. The number of thiophene rings is 1. The van der Waals surface area contributed by atoms with Crippen molar-refractivity contribution in [3.05, 3.63) is 29.4 Å². The molecule has 0 radical (unpaired) electrons. The van der Waals surface area contributed by atoms with Crippen LogP contribution in [0.3, 0.4) is 0 Å². The molecule has 0 fully saturated rings. The molecule has 0 saturated carbocycles. The van der Waals surface area contributed by atoms with Gasteiger partial charge in [0.2, 0.25) is 0 Å². The Kier molecular flexibility index (Phi) is 3.27.